The molecule has 0 spiro atoms. The lowest BCUT2D eigenvalue weighted by molar-refractivity contribution is 0.102. The first-order valence-electron chi connectivity index (χ1n) is 6.66. The molecule has 5 nitrogen and oxygen atoms in total. The van der Waals surface area contributed by atoms with Crippen LogP contribution in [-0.2, 0) is 0 Å². The van der Waals surface area contributed by atoms with Crippen molar-refractivity contribution in [2.24, 2.45) is 0 Å². The van der Waals surface area contributed by atoms with Crippen molar-refractivity contribution in [3.05, 3.63) is 69.9 Å². The molecule has 3 rings (SSSR count). The van der Waals surface area contributed by atoms with Gasteiger partial charge in [0.2, 0.25) is 0 Å². The fourth-order valence-corrected chi connectivity index (χ4v) is 2.50. The average molecular weight is 404 g/mol. The van der Waals surface area contributed by atoms with Crippen molar-refractivity contribution >= 4 is 34.2 Å². The molecule has 0 fully saturated rings. The van der Waals surface area contributed by atoms with E-state index in [0.29, 0.717) is 5.56 Å². The van der Waals surface area contributed by atoms with Gasteiger partial charge in [-0.25, -0.2) is 9.97 Å². The highest BCUT2D eigenvalue weighted by Gasteiger charge is 2.09. The maximum atomic E-state index is 12.3. The van der Waals surface area contributed by atoms with Crippen LogP contribution in [-0.4, -0.2) is 20.4 Å². The molecule has 0 aliphatic heterocycles. The van der Waals surface area contributed by atoms with Crippen LogP contribution in [0.3, 0.4) is 0 Å². The average Bonchev–Trinajstić information content (AvgIpc) is 3.06. The summed E-state index contributed by atoms with van der Waals surface area (Å²) in [4.78, 5) is 20.6. The third-order valence-electron chi connectivity index (χ3n) is 3.29. The quantitative estimate of drug-likeness (QED) is 0.681. The van der Waals surface area contributed by atoms with Crippen LogP contribution in [0.15, 0.2) is 55.2 Å². The van der Waals surface area contributed by atoms with Crippen LogP contribution in [0.25, 0.3) is 5.82 Å². The van der Waals surface area contributed by atoms with Gasteiger partial charge in [-0.15, -0.1) is 0 Å². The molecule has 0 saturated heterocycles. The maximum Gasteiger partial charge on any atom is 0.257 e. The number of nitrogens with one attached hydrogen (secondary N) is 1. The van der Waals surface area contributed by atoms with Gasteiger partial charge in [-0.1, -0.05) is 6.07 Å². The van der Waals surface area contributed by atoms with Crippen molar-refractivity contribution < 1.29 is 4.79 Å². The molecule has 110 valence electrons. The van der Waals surface area contributed by atoms with Crippen LogP contribution in [0.5, 0.6) is 0 Å². The number of hydrogen-bond acceptors (Lipinski definition) is 3. The summed E-state index contributed by atoms with van der Waals surface area (Å²) in [5.74, 6) is 0.550. The summed E-state index contributed by atoms with van der Waals surface area (Å²) < 4.78 is 2.90. The van der Waals surface area contributed by atoms with Gasteiger partial charge in [-0.3, -0.25) is 9.36 Å². The molecule has 22 heavy (non-hydrogen) atoms. The number of hydrogen-bond donors (Lipinski definition) is 1. The summed E-state index contributed by atoms with van der Waals surface area (Å²) in [6.45, 7) is 1.98. The molecule has 3 aromatic rings. The summed E-state index contributed by atoms with van der Waals surface area (Å²) in [5.41, 5.74) is 2.39. The van der Waals surface area contributed by atoms with E-state index >= 15 is 0 Å². The minimum atomic E-state index is -0.171. The van der Waals surface area contributed by atoms with Gasteiger partial charge < -0.3 is 5.32 Å². The summed E-state index contributed by atoms with van der Waals surface area (Å²) in [6.07, 6.45) is 6.71. The molecule has 0 atom stereocenters. The Morgan fingerprint density at radius 3 is 2.82 bits per heavy atom. The Hall–Kier alpha value is -2.22. The highest BCUT2D eigenvalue weighted by Crippen LogP contribution is 2.21. The minimum Gasteiger partial charge on any atom is -0.322 e. The molecule has 0 radical (unpaired) electrons. The Kier molecular flexibility index (Phi) is 4.19. The van der Waals surface area contributed by atoms with E-state index in [9.17, 15) is 4.79 Å². The second-order valence-electron chi connectivity index (χ2n) is 4.74. The van der Waals surface area contributed by atoms with Gasteiger partial charge in [0.15, 0.2) is 0 Å². The van der Waals surface area contributed by atoms with Crippen molar-refractivity contribution in [2.45, 2.75) is 6.92 Å². The first-order chi connectivity index (χ1) is 10.6. The molecule has 0 aliphatic rings. The Balaban J connectivity index is 1.79. The van der Waals surface area contributed by atoms with Gasteiger partial charge in [-0.05, 0) is 59.3 Å². The second-order valence-corrected chi connectivity index (χ2v) is 5.90. The van der Waals surface area contributed by atoms with Crippen LogP contribution in [0.4, 0.5) is 5.69 Å². The fraction of sp³-hybridized carbons (Fsp3) is 0.0625. The molecule has 6 heteroatoms. The molecular weight excluding hydrogens is 391 g/mol. The number of benzene rings is 1. The van der Waals surface area contributed by atoms with Crippen molar-refractivity contribution in [2.75, 3.05) is 5.32 Å². The van der Waals surface area contributed by atoms with E-state index < -0.39 is 0 Å². The highest BCUT2D eigenvalue weighted by molar-refractivity contribution is 14.1. The summed E-state index contributed by atoms with van der Waals surface area (Å²) in [6, 6.07) is 9.36. The van der Waals surface area contributed by atoms with E-state index in [0.717, 1.165) is 20.6 Å². The van der Waals surface area contributed by atoms with E-state index in [1.807, 2.05) is 25.1 Å². The zero-order valence-corrected chi connectivity index (χ0v) is 14.0. The van der Waals surface area contributed by atoms with Gasteiger partial charge >= 0.3 is 0 Å². The normalized spacial score (nSPS) is 10.5. The standard InChI is InChI=1S/C16H13IN4O/c1-11-13(17)3-2-4-14(11)20-16(22)12-5-6-15(19-9-12)21-8-7-18-10-21/h2-10H,1H3,(H,20,22). The van der Waals surface area contributed by atoms with Crippen LogP contribution in [0.2, 0.25) is 0 Å². The summed E-state index contributed by atoms with van der Waals surface area (Å²) in [7, 11) is 0. The number of carbonyl (C=O) groups is 1. The first-order valence-corrected chi connectivity index (χ1v) is 7.74. The number of nitrogens with zero attached hydrogens (tertiary/aromatic N) is 3. The Bertz CT molecular complexity index is 798. The number of aromatic nitrogens is 3. The van der Waals surface area contributed by atoms with Crippen LogP contribution in [0.1, 0.15) is 15.9 Å². The monoisotopic (exact) mass is 404 g/mol. The van der Waals surface area contributed by atoms with E-state index in [1.54, 1.807) is 41.6 Å². The Morgan fingerprint density at radius 2 is 2.14 bits per heavy atom. The van der Waals surface area contributed by atoms with E-state index in [-0.39, 0.29) is 5.91 Å². The van der Waals surface area contributed by atoms with Gasteiger partial charge in [-0.2, -0.15) is 0 Å². The van der Waals surface area contributed by atoms with Crippen molar-refractivity contribution in [3.8, 4) is 5.82 Å². The predicted octanol–water partition coefficient (Wildman–Crippen LogP) is 3.43. The number of amides is 1. The van der Waals surface area contributed by atoms with E-state index in [1.165, 1.54) is 0 Å². The third kappa shape index (κ3) is 3.01. The van der Waals surface area contributed by atoms with Crippen molar-refractivity contribution in [1.29, 1.82) is 0 Å². The zero-order chi connectivity index (χ0) is 15.5. The highest BCUT2D eigenvalue weighted by atomic mass is 127. The summed E-state index contributed by atoms with van der Waals surface area (Å²) in [5, 5.41) is 2.92. The lowest BCUT2D eigenvalue weighted by atomic mass is 10.2. The molecular formula is C16H13IN4O. The Morgan fingerprint density at radius 1 is 1.27 bits per heavy atom. The van der Waals surface area contributed by atoms with Crippen LogP contribution >= 0.6 is 22.6 Å². The first kappa shape index (κ1) is 14.7. The number of carbonyl (C=O) groups excluding carboxylic acids is 1. The fourth-order valence-electron chi connectivity index (χ4n) is 2.01. The number of pyridine rings is 1. The molecule has 2 heterocycles. The van der Waals surface area contributed by atoms with E-state index in [4.69, 9.17) is 0 Å². The third-order valence-corrected chi connectivity index (χ3v) is 4.46. The number of imidazole rings is 1. The van der Waals surface area contributed by atoms with E-state index in [2.05, 4.69) is 37.9 Å². The maximum absolute atomic E-state index is 12.3. The predicted molar refractivity (Wildman–Crippen MR) is 93.2 cm³/mol. The van der Waals surface area contributed by atoms with Crippen molar-refractivity contribution in [1.82, 2.24) is 14.5 Å². The lowest BCUT2D eigenvalue weighted by Gasteiger charge is -2.10. The zero-order valence-electron chi connectivity index (χ0n) is 11.8. The van der Waals surface area contributed by atoms with Gasteiger partial charge in [0.05, 0.1) is 5.56 Å². The molecule has 0 aliphatic carbocycles. The molecule has 1 aromatic carbocycles. The Labute approximate surface area is 141 Å². The summed E-state index contributed by atoms with van der Waals surface area (Å²) >= 11 is 2.25. The van der Waals surface area contributed by atoms with Gasteiger partial charge in [0.1, 0.15) is 12.1 Å². The molecule has 2 aromatic heterocycles. The molecule has 1 amide bonds. The van der Waals surface area contributed by atoms with Crippen molar-refractivity contribution in [3.63, 3.8) is 0 Å². The lowest BCUT2D eigenvalue weighted by Crippen LogP contribution is -2.13. The minimum absolute atomic E-state index is 0.171. The number of rotatable bonds is 3. The molecule has 0 bridgehead atoms. The topological polar surface area (TPSA) is 59.8 Å². The van der Waals surface area contributed by atoms with Crippen LogP contribution in [0, 0.1) is 10.5 Å². The molecule has 0 unspecified atom stereocenters. The largest absolute Gasteiger partial charge is 0.322 e. The SMILES string of the molecule is Cc1c(I)cccc1NC(=O)c1ccc(-n2ccnc2)nc1. The number of halogens is 1. The van der Waals surface area contributed by atoms with Gasteiger partial charge in [0, 0.05) is 27.8 Å². The number of anilines is 1. The van der Waals surface area contributed by atoms with Crippen LogP contribution < -0.4 is 5.32 Å². The van der Waals surface area contributed by atoms with Gasteiger partial charge in [0.25, 0.3) is 5.91 Å². The molecule has 1 N–H and O–H groups in total. The second kappa shape index (κ2) is 6.27. The smallest absolute Gasteiger partial charge is 0.257 e. The molecule has 0 saturated carbocycles.